The summed E-state index contributed by atoms with van der Waals surface area (Å²) >= 11 is 5.83. The lowest BCUT2D eigenvalue weighted by Crippen LogP contribution is -2.26. The van der Waals surface area contributed by atoms with Crippen LogP contribution in [0.25, 0.3) is 0 Å². The number of sulfonamides is 1. The number of nitriles is 1. The van der Waals surface area contributed by atoms with Gasteiger partial charge < -0.3 is 5.32 Å². The Kier molecular flexibility index (Phi) is 6.40. The number of anilines is 2. The average molecular weight is 440 g/mol. The molecule has 30 heavy (non-hydrogen) atoms. The molecule has 0 aliphatic heterocycles. The Hall–Kier alpha value is -3.34. The molecule has 8 heteroatoms. The van der Waals surface area contributed by atoms with Gasteiger partial charge in [0.1, 0.15) is 0 Å². The lowest BCUT2D eigenvalue weighted by molar-refractivity contribution is -0.115. The van der Waals surface area contributed by atoms with Crippen molar-refractivity contribution in [2.24, 2.45) is 0 Å². The summed E-state index contributed by atoms with van der Waals surface area (Å²) in [5.74, 6) is -0.236. The first-order valence-corrected chi connectivity index (χ1v) is 10.7. The van der Waals surface area contributed by atoms with E-state index in [2.05, 4.69) is 5.32 Å². The van der Waals surface area contributed by atoms with Crippen LogP contribution in [-0.4, -0.2) is 21.4 Å². The van der Waals surface area contributed by atoms with Crippen molar-refractivity contribution in [2.45, 2.75) is 11.3 Å². The van der Waals surface area contributed by atoms with Crippen LogP contribution in [0.15, 0.2) is 77.7 Å². The van der Waals surface area contributed by atoms with Crippen LogP contribution in [0.1, 0.15) is 11.1 Å². The fourth-order valence-electron chi connectivity index (χ4n) is 2.78. The summed E-state index contributed by atoms with van der Waals surface area (Å²) in [5.41, 5.74) is 2.20. The van der Waals surface area contributed by atoms with E-state index in [1.165, 1.54) is 35.6 Å². The minimum Gasteiger partial charge on any atom is -0.326 e. The Morgan fingerprint density at radius 1 is 1.07 bits per heavy atom. The lowest BCUT2D eigenvalue weighted by atomic mass is 10.1. The molecule has 3 rings (SSSR count). The smallest absolute Gasteiger partial charge is 0.264 e. The summed E-state index contributed by atoms with van der Waals surface area (Å²) < 4.78 is 26.7. The third kappa shape index (κ3) is 4.98. The number of nitrogens with one attached hydrogen (secondary N) is 1. The zero-order valence-electron chi connectivity index (χ0n) is 16.0. The Morgan fingerprint density at radius 2 is 1.73 bits per heavy atom. The molecule has 1 amide bonds. The molecular formula is C22H18ClN3O3S. The number of benzene rings is 3. The summed E-state index contributed by atoms with van der Waals surface area (Å²) in [7, 11) is -2.26. The van der Waals surface area contributed by atoms with E-state index in [4.69, 9.17) is 16.9 Å². The minimum absolute atomic E-state index is 0.116. The second-order valence-corrected chi connectivity index (χ2v) is 8.92. The molecule has 0 aliphatic rings. The van der Waals surface area contributed by atoms with E-state index in [1.54, 1.807) is 48.5 Å². The number of carbonyl (C=O) groups excluding carboxylic acids is 1. The van der Waals surface area contributed by atoms with Gasteiger partial charge in [-0.05, 0) is 60.2 Å². The number of amides is 1. The van der Waals surface area contributed by atoms with Gasteiger partial charge in [0, 0.05) is 17.8 Å². The highest BCUT2D eigenvalue weighted by Gasteiger charge is 2.21. The molecule has 0 saturated heterocycles. The maximum atomic E-state index is 12.8. The first kappa shape index (κ1) is 21.4. The fraction of sp³-hybridized carbons (Fsp3) is 0.0909. The quantitative estimate of drug-likeness (QED) is 0.622. The monoisotopic (exact) mass is 439 g/mol. The SMILES string of the molecule is CN(c1ccc(CC(=O)Nc2cccc(C#N)c2)cc1)S(=O)(=O)c1ccc(Cl)cc1. The summed E-state index contributed by atoms with van der Waals surface area (Å²) in [6.45, 7) is 0. The zero-order chi connectivity index (χ0) is 21.7. The highest BCUT2D eigenvalue weighted by Crippen LogP contribution is 2.23. The molecule has 6 nitrogen and oxygen atoms in total. The highest BCUT2D eigenvalue weighted by molar-refractivity contribution is 7.92. The number of hydrogen-bond donors (Lipinski definition) is 1. The average Bonchev–Trinajstić information content (AvgIpc) is 2.74. The van der Waals surface area contributed by atoms with Crippen molar-refractivity contribution in [3.8, 4) is 6.07 Å². The van der Waals surface area contributed by atoms with Gasteiger partial charge in [-0.15, -0.1) is 0 Å². The number of nitrogens with zero attached hydrogens (tertiary/aromatic N) is 2. The van der Waals surface area contributed by atoms with Gasteiger partial charge in [0.05, 0.1) is 28.6 Å². The molecule has 0 spiro atoms. The van der Waals surface area contributed by atoms with Gasteiger partial charge in [-0.25, -0.2) is 8.42 Å². The standard InChI is InChI=1S/C22H18ClN3O3S/c1-26(30(28,29)21-11-7-18(23)8-12-21)20-9-5-16(6-10-20)14-22(27)25-19-4-2-3-17(13-19)15-24/h2-13H,14H2,1H3,(H,25,27). The Labute approximate surface area is 180 Å². The van der Waals surface area contributed by atoms with E-state index in [9.17, 15) is 13.2 Å². The lowest BCUT2D eigenvalue weighted by Gasteiger charge is -2.20. The van der Waals surface area contributed by atoms with Gasteiger partial charge in [0.2, 0.25) is 5.91 Å². The molecule has 0 unspecified atom stereocenters. The van der Waals surface area contributed by atoms with Gasteiger partial charge in [-0.1, -0.05) is 29.8 Å². The molecule has 0 heterocycles. The van der Waals surface area contributed by atoms with E-state index >= 15 is 0 Å². The van der Waals surface area contributed by atoms with Crippen molar-refractivity contribution >= 4 is 38.9 Å². The van der Waals surface area contributed by atoms with E-state index < -0.39 is 10.0 Å². The van der Waals surface area contributed by atoms with E-state index in [1.807, 2.05) is 6.07 Å². The van der Waals surface area contributed by atoms with Crippen LogP contribution in [-0.2, 0) is 21.2 Å². The predicted octanol–water partition coefficient (Wildman–Crippen LogP) is 4.22. The maximum absolute atomic E-state index is 12.8. The van der Waals surface area contributed by atoms with Crippen molar-refractivity contribution in [3.05, 3.63) is 88.9 Å². The number of halogens is 1. The summed E-state index contributed by atoms with van der Waals surface area (Å²) in [4.78, 5) is 12.4. The minimum atomic E-state index is -3.72. The Balaban J connectivity index is 1.69. The Bertz CT molecular complexity index is 1200. The molecule has 3 aromatic rings. The largest absolute Gasteiger partial charge is 0.326 e. The summed E-state index contributed by atoms with van der Waals surface area (Å²) in [5, 5.41) is 12.1. The van der Waals surface area contributed by atoms with Gasteiger partial charge in [0.25, 0.3) is 10.0 Å². The fourth-order valence-corrected chi connectivity index (χ4v) is 4.11. The first-order valence-electron chi connectivity index (χ1n) is 8.93. The second-order valence-electron chi connectivity index (χ2n) is 6.51. The highest BCUT2D eigenvalue weighted by atomic mass is 35.5. The molecule has 0 aliphatic carbocycles. The number of rotatable bonds is 6. The molecule has 0 radical (unpaired) electrons. The molecule has 0 fully saturated rings. The normalized spacial score (nSPS) is 10.8. The molecule has 0 saturated carbocycles. The predicted molar refractivity (Wildman–Crippen MR) is 117 cm³/mol. The van der Waals surface area contributed by atoms with Crippen molar-refractivity contribution in [1.29, 1.82) is 5.26 Å². The van der Waals surface area contributed by atoms with Gasteiger partial charge in [-0.3, -0.25) is 9.10 Å². The third-order valence-corrected chi connectivity index (χ3v) is 6.46. The third-order valence-electron chi connectivity index (χ3n) is 4.41. The number of hydrogen-bond acceptors (Lipinski definition) is 4. The van der Waals surface area contributed by atoms with E-state index in [0.717, 1.165) is 5.56 Å². The number of carbonyl (C=O) groups is 1. The zero-order valence-corrected chi connectivity index (χ0v) is 17.6. The molecule has 3 aromatic carbocycles. The van der Waals surface area contributed by atoms with Crippen molar-refractivity contribution in [3.63, 3.8) is 0 Å². The molecule has 0 aromatic heterocycles. The van der Waals surface area contributed by atoms with Crippen LogP contribution in [0.4, 0.5) is 11.4 Å². The van der Waals surface area contributed by atoms with E-state index in [-0.39, 0.29) is 17.2 Å². The molecular weight excluding hydrogens is 422 g/mol. The van der Waals surface area contributed by atoms with Gasteiger partial charge in [0.15, 0.2) is 0 Å². The second kappa shape index (κ2) is 8.99. The van der Waals surface area contributed by atoms with Crippen LogP contribution in [0.5, 0.6) is 0 Å². The van der Waals surface area contributed by atoms with Crippen LogP contribution in [0, 0.1) is 11.3 Å². The maximum Gasteiger partial charge on any atom is 0.264 e. The Morgan fingerprint density at radius 3 is 2.37 bits per heavy atom. The summed E-state index contributed by atoms with van der Waals surface area (Å²) in [6, 6.07) is 21.3. The van der Waals surface area contributed by atoms with Crippen molar-refractivity contribution in [1.82, 2.24) is 0 Å². The van der Waals surface area contributed by atoms with Gasteiger partial charge in [-0.2, -0.15) is 5.26 Å². The van der Waals surface area contributed by atoms with Gasteiger partial charge >= 0.3 is 0 Å². The van der Waals surface area contributed by atoms with E-state index in [0.29, 0.717) is 22.0 Å². The van der Waals surface area contributed by atoms with Crippen LogP contribution in [0.3, 0.4) is 0 Å². The molecule has 152 valence electrons. The molecule has 0 bridgehead atoms. The molecule has 1 N–H and O–H groups in total. The van der Waals surface area contributed by atoms with Crippen LogP contribution >= 0.6 is 11.6 Å². The summed E-state index contributed by atoms with van der Waals surface area (Å²) in [6.07, 6.45) is 0.116. The topological polar surface area (TPSA) is 90.3 Å². The molecule has 0 atom stereocenters. The van der Waals surface area contributed by atoms with Crippen molar-refractivity contribution < 1.29 is 13.2 Å². The van der Waals surface area contributed by atoms with Crippen LogP contribution < -0.4 is 9.62 Å². The first-order chi connectivity index (χ1) is 14.3. The van der Waals surface area contributed by atoms with Crippen molar-refractivity contribution in [2.75, 3.05) is 16.7 Å². The van der Waals surface area contributed by atoms with Crippen LogP contribution in [0.2, 0.25) is 5.02 Å².